The van der Waals surface area contributed by atoms with Crippen molar-refractivity contribution in [1.82, 2.24) is 10.2 Å². The van der Waals surface area contributed by atoms with Crippen molar-refractivity contribution in [3.05, 3.63) is 0 Å². The zero-order chi connectivity index (χ0) is 9.10. The Morgan fingerprint density at radius 3 is 3.08 bits per heavy atom. The van der Waals surface area contributed by atoms with E-state index in [1.165, 1.54) is 44.0 Å². The van der Waals surface area contributed by atoms with Crippen molar-refractivity contribution >= 4 is 11.8 Å². The lowest BCUT2D eigenvalue weighted by Crippen LogP contribution is -2.46. The SMILES string of the molecule is CC1CCCN1CC1CSCCN1. The Morgan fingerprint density at radius 2 is 2.46 bits per heavy atom. The van der Waals surface area contributed by atoms with E-state index in [-0.39, 0.29) is 0 Å². The number of nitrogens with one attached hydrogen (secondary N) is 1. The molecule has 0 bridgehead atoms. The van der Waals surface area contributed by atoms with Gasteiger partial charge in [0.15, 0.2) is 0 Å². The molecule has 0 saturated carbocycles. The molecule has 0 radical (unpaired) electrons. The van der Waals surface area contributed by atoms with Crippen LogP contribution in [0.2, 0.25) is 0 Å². The molecule has 2 atom stereocenters. The van der Waals surface area contributed by atoms with Gasteiger partial charge in [-0.2, -0.15) is 11.8 Å². The van der Waals surface area contributed by atoms with Gasteiger partial charge in [0.2, 0.25) is 0 Å². The minimum atomic E-state index is 0.749. The average Bonchev–Trinajstić information content (AvgIpc) is 2.54. The van der Waals surface area contributed by atoms with E-state index in [0.717, 1.165) is 12.1 Å². The maximum absolute atomic E-state index is 3.60. The van der Waals surface area contributed by atoms with Crippen molar-refractivity contribution in [2.75, 3.05) is 31.1 Å². The van der Waals surface area contributed by atoms with Gasteiger partial charge in [0.05, 0.1) is 0 Å². The van der Waals surface area contributed by atoms with Gasteiger partial charge in [0, 0.05) is 36.7 Å². The van der Waals surface area contributed by atoms with E-state index in [9.17, 15) is 0 Å². The van der Waals surface area contributed by atoms with E-state index < -0.39 is 0 Å². The molecule has 2 heterocycles. The minimum Gasteiger partial charge on any atom is -0.311 e. The molecule has 0 aromatic carbocycles. The summed E-state index contributed by atoms with van der Waals surface area (Å²) in [4.78, 5) is 2.64. The van der Waals surface area contributed by atoms with E-state index in [4.69, 9.17) is 0 Å². The zero-order valence-electron chi connectivity index (χ0n) is 8.46. The second kappa shape index (κ2) is 4.67. The van der Waals surface area contributed by atoms with Crippen LogP contribution < -0.4 is 5.32 Å². The van der Waals surface area contributed by atoms with Crippen LogP contribution in [0.5, 0.6) is 0 Å². The lowest BCUT2D eigenvalue weighted by molar-refractivity contribution is 0.244. The molecule has 2 aliphatic rings. The van der Waals surface area contributed by atoms with Gasteiger partial charge < -0.3 is 5.32 Å². The molecule has 0 aliphatic carbocycles. The number of nitrogens with zero attached hydrogens (tertiary/aromatic N) is 1. The summed E-state index contributed by atoms with van der Waals surface area (Å²) in [6.07, 6.45) is 2.81. The molecule has 76 valence electrons. The van der Waals surface area contributed by atoms with Gasteiger partial charge in [-0.15, -0.1) is 0 Å². The minimum absolute atomic E-state index is 0.749. The number of likely N-dealkylation sites (tertiary alicyclic amines) is 1. The fourth-order valence-corrected chi connectivity index (χ4v) is 3.22. The third-order valence-electron chi connectivity index (χ3n) is 3.14. The van der Waals surface area contributed by atoms with Crippen molar-refractivity contribution in [3.63, 3.8) is 0 Å². The van der Waals surface area contributed by atoms with E-state index in [1.54, 1.807) is 0 Å². The largest absolute Gasteiger partial charge is 0.311 e. The second-order valence-corrected chi connectivity index (χ2v) is 5.36. The van der Waals surface area contributed by atoms with Crippen LogP contribution in [0.1, 0.15) is 19.8 Å². The summed E-state index contributed by atoms with van der Waals surface area (Å²) in [6, 6.07) is 1.58. The Kier molecular flexibility index (Phi) is 3.52. The summed E-state index contributed by atoms with van der Waals surface area (Å²) in [5, 5.41) is 3.60. The van der Waals surface area contributed by atoms with Crippen LogP contribution in [-0.4, -0.2) is 48.1 Å². The second-order valence-electron chi connectivity index (χ2n) is 4.21. The number of thioether (sulfide) groups is 1. The van der Waals surface area contributed by atoms with Crippen LogP contribution in [0, 0.1) is 0 Å². The molecule has 2 rings (SSSR count). The van der Waals surface area contributed by atoms with Crippen LogP contribution in [0.25, 0.3) is 0 Å². The number of hydrogen-bond acceptors (Lipinski definition) is 3. The fourth-order valence-electron chi connectivity index (χ4n) is 2.28. The Bertz CT molecular complexity index is 157. The van der Waals surface area contributed by atoms with Gasteiger partial charge in [-0.05, 0) is 26.3 Å². The Hall–Kier alpha value is 0.270. The Labute approximate surface area is 85.4 Å². The van der Waals surface area contributed by atoms with Crippen molar-refractivity contribution in [2.24, 2.45) is 0 Å². The van der Waals surface area contributed by atoms with Crippen LogP contribution >= 0.6 is 11.8 Å². The highest BCUT2D eigenvalue weighted by Crippen LogP contribution is 2.18. The monoisotopic (exact) mass is 200 g/mol. The van der Waals surface area contributed by atoms with E-state index in [2.05, 4.69) is 28.9 Å². The Morgan fingerprint density at radius 1 is 1.54 bits per heavy atom. The zero-order valence-corrected chi connectivity index (χ0v) is 9.28. The van der Waals surface area contributed by atoms with E-state index in [1.807, 2.05) is 0 Å². The molecule has 0 spiro atoms. The summed E-state index contributed by atoms with van der Waals surface area (Å²) in [5.41, 5.74) is 0. The lowest BCUT2D eigenvalue weighted by Gasteiger charge is -2.30. The van der Waals surface area contributed by atoms with E-state index >= 15 is 0 Å². The molecule has 2 nitrogen and oxygen atoms in total. The average molecular weight is 200 g/mol. The summed E-state index contributed by atoms with van der Waals surface area (Å²) in [7, 11) is 0. The molecule has 2 aliphatic heterocycles. The fraction of sp³-hybridized carbons (Fsp3) is 1.00. The summed E-state index contributed by atoms with van der Waals surface area (Å²) < 4.78 is 0. The first kappa shape index (κ1) is 9.81. The highest BCUT2D eigenvalue weighted by molar-refractivity contribution is 7.99. The third-order valence-corrected chi connectivity index (χ3v) is 4.27. The molecular formula is C10H20N2S. The third kappa shape index (κ3) is 2.61. The first-order chi connectivity index (χ1) is 6.36. The molecule has 2 unspecified atom stereocenters. The first-order valence-electron chi connectivity index (χ1n) is 5.41. The molecule has 1 N–H and O–H groups in total. The van der Waals surface area contributed by atoms with Crippen LogP contribution in [0.4, 0.5) is 0 Å². The van der Waals surface area contributed by atoms with Gasteiger partial charge in [-0.25, -0.2) is 0 Å². The van der Waals surface area contributed by atoms with Crippen molar-refractivity contribution in [2.45, 2.75) is 31.8 Å². The van der Waals surface area contributed by atoms with Crippen molar-refractivity contribution in [3.8, 4) is 0 Å². The van der Waals surface area contributed by atoms with Crippen molar-refractivity contribution < 1.29 is 0 Å². The van der Waals surface area contributed by atoms with Gasteiger partial charge >= 0.3 is 0 Å². The summed E-state index contributed by atoms with van der Waals surface area (Å²) in [5.74, 6) is 2.61. The predicted octanol–water partition coefficient (Wildman–Crippen LogP) is 1.18. The van der Waals surface area contributed by atoms with Gasteiger partial charge in [-0.3, -0.25) is 4.90 Å². The highest BCUT2D eigenvalue weighted by atomic mass is 32.2. The molecule has 0 amide bonds. The van der Waals surface area contributed by atoms with Crippen LogP contribution in [0.15, 0.2) is 0 Å². The van der Waals surface area contributed by atoms with Crippen LogP contribution in [0.3, 0.4) is 0 Å². The summed E-state index contributed by atoms with van der Waals surface area (Å²) >= 11 is 2.10. The normalized spacial score (nSPS) is 36.7. The lowest BCUT2D eigenvalue weighted by atomic mass is 10.2. The standard InChI is InChI=1S/C10H20N2S/c1-9-3-2-5-12(9)7-10-8-13-6-4-11-10/h9-11H,2-8H2,1H3. The topological polar surface area (TPSA) is 15.3 Å². The molecule has 2 saturated heterocycles. The molecule has 2 fully saturated rings. The van der Waals surface area contributed by atoms with Crippen LogP contribution in [-0.2, 0) is 0 Å². The van der Waals surface area contributed by atoms with E-state index in [0.29, 0.717) is 0 Å². The molecule has 13 heavy (non-hydrogen) atoms. The highest BCUT2D eigenvalue weighted by Gasteiger charge is 2.23. The maximum Gasteiger partial charge on any atom is 0.0286 e. The smallest absolute Gasteiger partial charge is 0.0286 e. The molecule has 0 aromatic heterocycles. The van der Waals surface area contributed by atoms with Gasteiger partial charge in [-0.1, -0.05) is 0 Å². The Balaban J connectivity index is 1.75. The number of hydrogen-bond donors (Lipinski definition) is 1. The molecular weight excluding hydrogens is 180 g/mol. The molecule has 3 heteroatoms. The predicted molar refractivity (Wildman–Crippen MR) is 59.4 cm³/mol. The maximum atomic E-state index is 3.60. The quantitative estimate of drug-likeness (QED) is 0.720. The first-order valence-corrected chi connectivity index (χ1v) is 6.57. The van der Waals surface area contributed by atoms with Crippen molar-refractivity contribution in [1.29, 1.82) is 0 Å². The van der Waals surface area contributed by atoms with Gasteiger partial charge in [0.1, 0.15) is 0 Å². The van der Waals surface area contributed by atoms with Gasteiger partial charge in [0.25, 0.3) is 0 Å². The number of rotatable bonds is 2. The molecule has 0 aromatic rings. The summed E-state index contributed by atoms with van der Waals surface area (Å²) in [6.45, 7) is 6.17.